The Labute approximate surface area is 125 Å². The van der Waals surface area contributed by atoms with Crippen molar-refractivity contribution < 1.29 is 9.53 Å². The Balaban J connectivity index is 1.89. The summed E-state index contributed by atoms with van der Waals surface area (Å²) in [6, 6.07) is 3.95. The number of carbonyl (C=O) groups is 1. The molecular weight excluding hydrogens is 264 g/mol. The lowest BCUT2D eigenvalue weighted by atomic mass is 9.94. The molecule has 0 unspecified atom stereocenters. The van der Waals surface area contributed by atoms with Gasteiger partial charge in [0.05, 0.1) is 6.61 Å². The van der Waals surface area contributed by atoms with Crippen molar-refractivity contribution in [1.82, 2.24) is 4.98 Å². The van der Waals surface area contributed by atoms with Gasteiger partial charge in [0.25, 0.3) is 0 Å². The smallest absolute Gasteiger partial charge is 0.357 e. The number of esters is 1. The highest BCUT2D eigenvalue weighted by atomic mass is 16.5. The van der Waals surface area contributed by atoms with Crippen LogP contribution in [0.25, 0.3) is 0 Å². The van der Waals surface area contributed by atoms with Crippen LogP contribution in [-0.2, 0) is 11.2 Å². The van der Waals surface area contributed by atoms with E-state index >= 15 is 0 Å². The van der Waals surface area contributed by atoms with E-state index in [0.29, 0.717) is 23.9 Å². The van der Waals surface area contributed by atoms with E-state index in [0.717, 1.165) is 36.3 Å². The second kappa shape index (κ2) is 5.85. The largest absolute Gasteiger partial charge is 0.461 e. The van der Waals surface area contributed by atoms with Crippen molar-refractivity contribution in [2.24, 2.45) is 5.92 Å². The van der Waals surface area contributed by atoms with Crippen molar-refractivity contribution in [2.45, 2.75) is 51.4 Å². The Morgan fingerprint density at radius 3 is 2.90 bits per heavy atom. The number of fused-ring (bicyclic) bond motifs is 1. The molecule has 2 aliphatic rings. The van der Waals surface area contributed by atoms with Gasteiger partial charge in [-0.15, -0.1) is 0 Å². The van der Waals surface area contributed by atoms with Crippen LogP contribution in [0.5, 0.6) is 0 Å². The minimum atomic E-state index is -0.395. The number of aromatic nitrogens is 1. The molecule has 1 atom stereocenters. The molecule has 0 amide bonds. The Bertz CT molecular complexity index is 600. The molecule has 1 heterocycles. The predicted molar refractivity (Wildman–Crippen MR) is 77.9 cm³/mol. The van der Waals surface area contributed by atoms with Gasteiger partial charge in [0.1, 0.15) is 11.8 Å². The van der Waals surface area contributed by atoms with Crippen LogP contribution in [0.3, 0.4) is 0 Å². The number of hydrogen-bond acceptors (Lipinski definition) is 4. The lowest BCUT2D eigenvalue weighted by Crippen LogP contribution is -2.12. The van der Waals surface area contributed by atoms with Gasteiger partial charge < -0.3 is 4.74 Å². The number of nitrogens with zero attached hydrogens (tertiary/aromatic N) is 2. The third-order valence-electron chi connectivity index (χ3n) is 4.55. The van der Waals surface area contributed by atoms with E-state index in [1.54, 1.807) is 6.92 Å². The van der Waals surface area contributed by atoms with Gasteiger partial charge in [-0.2, -0.15) is 5.26 Å². The molecule has 21 heavy (non-hydrogen) atoms. The molecule has 2 aliphatic carbocycles. The first kappa shape index (κ1) is 14.1. The number of carbonyl (C=O) groups excluding carboxylic acids is 1. The van der Waals surface area contributed by atoms with Crippen molar-refractivity contribution in [1.29, 1.82) is 5.26 Å². The van der Waals surface area contributed by atoms with Gasteiger partial charge in [0.15, 0.2) is 5.69 Å². The van der Waals surface area contributed by atoms with Crippen LogP contribution in [0.2, 0.25) is 0 Å². The third kappa shape index (κ3) is 2.92. The van der Waals surface area contributed by atoms with Crippen LogP contribution in [0.4, 0.5) is 0 Å². The van der Waals surface area contributed by atoms with Crippen LogP contribution in [0.1, 0.15) is 72.3 Å². The summed E-state index contributed by atoms with van der Waals surface area (Å²) in [5.74, 6) is 0.994. The van der Waals surface area contributed by atoms with Crippen LogP contribution >= 0.6 is 0 Å². The molecule has 1 saturated carbocycles. The predicted octanol–water partition coefficient (Wildman–Crippen LogP) is 3.35. The zero-order chi connectivity index (χ0) is 14.8. The van der Waals surface area contributed by atoms with Crippen molar-refractivity contribution in [3.63, 3.8) is 0 Å². The lowest BCUT2D eigenvalue weighted by Gasteiger charge is -2.12. The molecule has 1 aromatic rings. The van der Waals surface area contributed by atoms with E-state index in [1.165, 1.54) is 19.3 Å². The summed E-state index contributed by atoms with van der Waals surface area (Å²) >= 11 is 0. The average molecular weight is 284 g/mol. The molecular formula is C17H20N2O2. The molecule has 0 bridgehead atoms. The van der Waals surface area contributed by atoms with E-state index in [4.69, 9.17) is 10.00 Å². The zero-order valence-corrected chi connectivity index (χ0v) is 12.4. The fraction of sp³-hybridized carbons (Fsp3) is 0.588. The summed E-state index contributed by atoms with van der Waals surface area (Å²) in [5.41, 5.74) is 2.86. The van der Waals surface area contributed by atoms with Gasteiger partial charge >= 0.3 is 5.97 Å². The molecule has 0 aliphatic heterocycles. The number of ether oxygens (including phenoxy) is 1. The van der Waals surface area contributed by atoms with Crippen LogP contribution < -0.4 is 0 Å². The summed E-state index contributed by atoms with van der Waals surface area (Å²) in [5, 5.41) is 9.15. The van der Waals surface area contributed by atoms with Gasteiger partial charge in [-0.25, -0.2) is 9.78 Å². The minimum absolute atomic E-state index is 0.329. The van der Waals surface area contributed by atoms with Crippen LogP contribution in [-0.4, -0.2) is 17.6 Å². The number of hydrogen-bond donors (Lipinski definition) is 0. The highest BCUT2D eigenvalue weighted by Crippen LogP contribution is 2.42. The van der Waals surface area contributed by atoms with Gasteiger partial charge in [-0.05, 0) is 61.6 Å². The zero-order valence-electron chi connectivity index (χ0n) is 12.4. The van der Waals surface area contributed by atoms with E-state index < -0.39 is 5.97 Å². The monoisotopic (exact) mass is 284 g/mol. The van der Waals surface area contributed by atoms with Crippen molar-refractivity contribution in [3.8, 4) is 6.07 Å². The second-order valence-electron chi connectivity index (χ2n) is 6.01. The van der Waals surface area contributed by atoms with Crippen molar-refractivity contribution in [2.75, 3.05) is 6.61 Å². The normalized spacial score (nSPS) is 19.9. The van der Waals surface area contributed by atoms with Crippen molar-refractivity contribution >= 4 is 5.97 Å². The number of rotatable bonds is 5. The van der Waals surface area contributed by atoms with Gasteiger partial charge in [-0.1, -0.05) is 12.8 Å². The molecule has 1 aromatic heterocycles. The molecule has 0 spiro atoms. The van der Waals surface area contributed by atoms with Crippen LogP contribution in [0, 0.1) is 17.2 Å². The van der Waals surface area contributed by atoms with Gasteiger partial charge in [0.2, 0.25) is 0 Å². The maximum Gasteiger partial charge on any atom is 0.357 e. The Morgan fingerprint density at radius 2 is 2.24 bits per heavy atom. The van der Waals surface area contributed by atoms with E-state index in [2.05, 4.69) is 11.1 Å². The lowest BCUT2D eigenvalue weighted by molar-refractivity contribution is 0.0518. The molecule has 0 N–H and O–H groups in total. The molecule has 1 fully saturated rings. The van der Waals surface area contributed by atoms with Crippen LogP contribution in [0.15, 0.2) is 6.07 Å². The summed E-state index contributed by atoms with van der Waals surface area (Å²) in [6.45, 7) is 2.11. The quantitative estimate of drug-likeness (QED) is 0.778. The second-order valence-corrected chi connectivity index (χ2v) is 6.01. The first-order valence-corrected chi connectivity index (χ1v) is 7.84. The molecule has 4 nitrogen and oxygen atoms in total. The first-order valence-electron chi connectivity index (χ1n) is 7.84. The summed E-state index contributed by atoms with van der Waals surface area (Å²) in [4.78, 5) is 16.2. The third-order valence-corrected chi connectivity index (χ3v) is 4.55. The molecule has 4 heteroatoms. The molecule has 110 valence electrons. The number of pyridine rings is 1. The summed E-state index contributed by atoms with van der Waals surface area (Å²) in [7, 11) is 0. The SMILES string of the molecule is CCOC(=O)c1nc(C#N)cc2c1CC[C@@H]2CCC1CC1. The Kier molecular flexibility index (Phi) is 3.92. The standard InChI is InChI=1S/C17H20N2O2/c1-2-21-17(20)16-14-8-7-12(6-5-11-3-4-11)15(14)9-13(10-18)19-16/h9,11-12H,2-8H2,1H3/t12-/m0/s1. The highest BCUT2D eigenvalue weighted by molar-refractivity contribution is 5.89. The summed E-state index contributed by atoms with van der Waals surface area (Å²) in [6.07, 6.45) is 7.10. The first-order chi connectivity index (χ1) is 10.2. The maximum absolute atomic E-state index is 12.1. The van der Waals surface area contributed by atoms with E-state index in [-0.39, 0.29) is 0 Å². The topological polar surface area (TPSA) is 63.0 Å². The number of nitriles is 1. The minimum Gasteiger partial charge on any atom is -0.461 e. The average Bonchev–Trinajstić information content (AvgIpc) is 3.24. The maximum atomic E-state index is 12.1. The van der Waals surface area contributed by atoms with E-state index in [1.807, 2.05) is 6.07 Å². The Morgan fingerprint density at radius 1 is 1.43 bits per heavy atom. The van der Waals surface area contributed by atoms with E-state index in [9.17, 15) is 4.79 Å². The fourth-order valence-electron chi connectivity index (χ4n) is 3.26. The Hall–Kier alpha value is -1.89. The van der Waals surface area contributed by atoms with Gasteiger partial charge in [0, 0.05) is 0 Å². The molecule has 3 rings (SSSR count). The highest BCUT2D eigenvalue weighted by Gasteiger charge is 2.31. The van der Waals surface area contributed by atoms with Crippen molar-refractivity contribution in [3.05, 3.63) is 28.6 Å². The fourth-order valence-corrected chi connectivity index (χ4v) is 3.26. The van der Waals surface area contributed by atoms with Gasteiger partial charge in [-0.3, -0.25) is 0 Å². The molecule has 0 saturated heterocycles. The molecule has 0 radical (unpaired) electrons. The molecule has 0 aromatic carbocycles. The summed E-state index contributed by atoms with van der Waals surface area (Å²) < 4.78 is 5.09.